The van der Waals surface area contributed by atoms with Crippen molar-refractivity contribution >= 4 is 0 Å². The predicted octanol–water partition coefficient (Wildman–Crippen LogP) is 1.73. The molecule has 0 fully saturated rings. The molecule has 4 nitrogen and oxygen atoms in total. The summed E-state index contributed by atoms with van der Waals surface area (Å²) in [5, 5.41) is 17.8. The van der Waals surface area contributed by atoms with E-state index in [1.54, 1.807) is 25.3 Å². The van der Waals surface area contributed by atoms with Crippen molar-refractivity contribution in [3.63, 3.8) is 0 Å². The Balaban J connectivity index is 2.49. The van der Waals surface area contributed by atoms with Crippen molar-refractivity contribution in [3.05, 3.63) is 23.8 Å². The normalized spacial score (nSPS) is 10.3. The molecule has 0 saturated carbocycles. The Morgan fingerprint density at radius 3 is 2.59 bits per heavy atom. The lowest BCUT2D eigenvalue weighted by atomic mass is 10.2. The van der Waals surface area contributed by atoms with Gasteiger partial charge in [-0.2, -0.15) is 0 Å². The van der Waals surface area contributed by atoms with E-state index < -0.39 is 0 Å². The largest absolute Gasteiger partial charge is 0.497 e. The molecule has 4 heteroatoms. The van der Waals surface area contributed by atoms with Gasteiger partial charge in [-0.25, -0.2) is 0 Å². The maximum Gasteiger partial charge on any atom is 0.128 e. The third kappa shape index (κ3) is 4.63. The van der Waals surface area contributed by atoms with Crippen LogP contribution in [0.2, 0.25) is 0 Å². The third-order valence-corrected chi connectivity index (χ3v) is 2.50. The van der Waals surface area contributed by atoms with Gasteiger partial charge in [-0.3, -0.25) is 0 Å². The second-order valence-electron chi connectivity index (χ2n) is 3.76. The zero-order valence-electron chi connectivity index (χ0n) is 10.2. The van der Waals surface area contributed by atoms with E-state index in [2.05, 4.69) is 0 Å². The Morgan fingerprint density at radius 2 is 1.94 bits per heavy atom. The molecule has 0 radical (unpaired) electrons. The lowest BCUT2D eigenvalue weighted by Gasteiger charge is -2.11. The number of hydrogen-bond donors (Lipinski definition) is 2. The van der Waals surface area contributed by atoms with E-state index in [1.165, 1.54) is 0 Å². The number of ether oxygens (including phenoxy) is 2. The van der Waals surface area contributed by atoms with Crippen LogP contribution in [0.1, 0.15) is 24.8 Å². The van der Waals surface area contributed by atoms with Crippen LogP contribution in [0.3, 0.4) is 0 Å². The third-order valence-electron chi connectivity index (χ3n) is 2.50. The van der Waals surface area contributed by atoms with Crippen molar-refractivity contribution in [2.24, 2.45) is 0 Å². The second kappa shape index (κ2) is 7.92. The Morgan fingerprint density at radius 1 is 1.12 bits per heavy atom. The fourth-order valence-corrected chi connectivity index (χ4v) is 1.50. The van der Waals surface area contributed by atoms with Crippen LogP contribution in [0.15, 0.2) is 18.2 Å². The van der Waals surface area contributed by atoms with Crippen LogP contribution in [-0.2, 0) is 6.61 Å². The first-order chi connectivity index (χ1) is 8.31. The summed E-state index contributed by atoms with van der Waals surface area (Å²) in [6.07, 6.45) is 2.63. The summed E-state index contributed by atoms with van der Waals surface area (Å²) in [4.78, 5) is 0. The zero-order valence-corrected chi connectivity index (χ0v) is 10.2. The molecule has 96 valence electrons. The van der Waals surface area contributed by atoms with E-state index >= 15 is 0 Å². The van der Waals surface area contributed by atoms with Crippen LogP contribution in [0.5, 0.6) is 11.5 Å². The molecule has 0 aromatic heterocycles. The SMILES string of the molecule is COc1ccc(CO)c(OCCCCCO)c1. The standard InChI is InChI=1S/C13H20O4/c1-16-12-6-5-11(10-15)13(9-12)17-8-4-2-3-7-14/h5-6,9,14-15H,2-4,7-8,10H2,1H3. The van der Waals surface area contributed by atoms with Gasteiger partial charge < -0.3 is 19.7 Å². The number of aliphatic hydroxyl groups excluding tert-OH is 2. The highest BCUT2D eigenvalue weighted by molar-refractivity contribution is 5.40. The molecule has 2 N–H and O–H groups in total. The minimum absolute atomic E-state index is 0.0457. The van der Waals surface area contributed by atoms with E-state index in [0.29, 0.717) is 18.1 Å². The molecule has 1 aromatic carbocycles. The van der Waals surface area contributed by atoms with Gasteiger partial charge in [0, 0.05) is 18.2 Å². The summed E-state index contributed by atoms with van der Waals surface area (Å²) in [6.45, 7) is 0.761. The molecule has 0 amide bonds. The predicted molar refractivity (Wildman–Crippen MR) is 65.3 cm³/mol. The molecule has 0 spiro atoms. The van der Waals surface area contributed by atoms with E-state index in [1.807, 2.05) is 0 Å². The van der Waals surface area contributed by atoms with Crippen LogP contribution in [0.4, 0.5) is 0 Å². The number of rotatable bonds is 8. The smallest absolute Gasteiger partial charge is 0.128 e. The molecule has 17 heavy (non-hydrogen) atoms. The molecule has 0 aliphatic carbocycles. The summed E-state index contributed by atoms with van der Waals surface area (Å²) in [6, 6.07) is 5.36. The summed E-state index contributed by atoms with van der Waals surface area (Å²) < 4.78 is 10.7. The van der Waals surface area contributed by atoms with Crippen LogP contribution >= 0.6 is 0 Å². The fourth-order valence-electron chi connectivity index (χ4n) is 1.50. The van der Waals surface area contributed by atoms with Crippen LogP contribution < -0.4 is 9.47 Å². The van der Waals surface area contributed by atoms with Crippen LogP contribution in [0.25, 0.3) is 0 Å². The quantitative estimate of drug-likeness (QED) is 0.679. The first-order valence-electron chi connectivity index (χ1n) is 5.83. The number of hydrogen-bond acceptors (Lipinski definition) is 4. The highest BCUT2D eigenvalue weighted by Crippen LogP contribution is 2.25. The number of aliphatic hydroxyl groups is 2. The van der Waals surface area contributed by atoms with Gasteiger partial charge in [0.25, 0.3) is 0 Å². The molecule has 0 aliphatic heterocycles. The summed E-state index contributed by atoms with van der Waals surface area (Å²) in [5.41, 5.74) is 0.757. The van der Waals surface area contributed by atoms with E-state index in [9.17, 15) is 0 Å². The molecule has 0 heterocycles. The van der Waals surface area contributed by atoms with Gasteiger partial charge in [-0.05, 0) is 31.4 Å². The van der Waals surface area contributed by atoms with E-state index in [4.69, 9.17) is 19.7 Å². The highest BCUT2D eigenvalue weighted by Gasteiger charge is 2.04. The average Bonchev–Trinajstić information content (AvgIpc) is 2.38. The Bertz CT molecular complexity index is 325. The van der Waals surface area contributed by atoms with Gasteiger partial charge in [0.2, 0.25) is 0 Å². The molecule has 1 aromatic rings. The second-order valence-corrected chi connectivity index (χ2v) is 3.76. The number of methoxy groups -OCH3 is 1. The van der Waals surface area contributed by atoms with Gasteiger partial charge in [0.1, 0.15) is 11.5 Å². The van der Waals surface area contributed by atoms with Gasteiger partial charge in [0.05, 0.1) is 20.3 Å². The highest BCUT2D eigenvalue weighted by atomic mass is 16.5. The molecule has 1 rings (SSSR count). The van der Waals surface area contributed by atoms with E-state index in [0.717, 1.165) is 24.8 Å². The van der Waals surface area contributed by atoms with Gasteiger partial charge in [-0.15, -0.1) is 0 Å². The van der Waals surface area contributed by atoms with Crippen molar-refractivity contribution in [1.29, 1.82) is 0 Å². The van der Waals surface area contributed by atoms with E-state index in [-0.39, 0.29) is 13.2 Å². The lowest BCUT2D eigenvalue weighted by molar-refractivity contribution is 0.251. The lowest BCUT2D eigenvalue weighted by Crippen LogP contribution is -2.01. The van der Waals surface area contributed by atoms with Crippen LogP contribution in [0, 0.1) is 0 Å². The average molecular weight is 240 g/mol. The molecular weight excluding hydrogens is 220 g/mol. The Labute approximate surface area is 102 Å². The van der Waals surface area contributed by atoms with Crippen molar-refractivity contribution in [3.8, 4) is 11.5 Å². The zero-order chi connectivity index (χ0) is 12.5. The number of benzene rings is 1. The number of unbranched alkanes of at least 4 members (excludes halogenated alkanes) is 2. The van der Waals surface area contributed by atoms with Crippen LogP contribution in [-0.4, -0.2) is 30.5 Å². The fraction of sp³-hybridized carbons (Fsp3) is 0.538. The van der Waals surface area contributed by atoms with Gasteiger partial charge in [-0.1, -0.05) is 0 Å². The topological polar surface area (TPSA) is 58.9 Å². The Kier molecular flexibility index (Phi) is 6.43. The van der Waals surface area contributed by atoms with Crippen molar-refractivity contribution in [2.45, 2.75) is 25.9 Å². The van der Waals surface area contributed by atoms with Gasteiger partial charge in [0.15, 0.2) is 0 Å². The maximum atomic E-state index is 9.17. The van der Waals surface area contributed by atoms with Gasteiger partial charge >= 0.3 is 0 Å². The molecule has 0 unspecified atom stereocenters. The van der Waals surface area contributed by atoms with Crippen molar-refractivity contribution < 1.29 is 19.7 Å². The Hall–Kier alpha value is -1.26. The first kappa shape index (κ1) is 13.8. The summed E-state index contributed by atoms with van der Waals surface area (Å²) in [7, 11) is 1.60. The molecule has 0 saturated heterocycles. The molecule has 0 atom stereocenters. The minimum Gasteiger partial charge on any atom is -0.497 e. The molecule has 0 aliphatic rings. The van der Waals surface area contributed by atoms with Crippen molar-refractivity contribution in [2.75, 3.05) is 20.3 Å². The minimum atomic E-state index is -0.0457. The molecular formula is C13H20O4. The molecule has 0 bridgehead atoms. The maximum absolute atomic E-state index is 9.17. The summed E-state index contributed by atoms with van der Waals surface area (Å²) >= 11 is 0. The monoisotopic (exact) mass is 240 g/mol. The summed E-state index contributed by atoms with van der Waals surface area (Å²) in [5.74, 6) is 1.38. The first-order valence-corrected chi connectivity index (χ1v) is 5.83. The van der Waals surface area contributed by atoms with Crippen molar-refractivity contribution in [1.82, 2.24) is 0 Å².